The van der Waals surface area contributed by atoms with E-state index in [1.807, 2.05) is 0 Å². The molecule has 2 aromatic carbocycles. The van der Waals surface area contributed by atoms with Gasteiger partial charge in [-0.25, -0.2) is 0 Å². The molecule has 144 valence electrons. The summed E-state index contributed by atoms with van der Waals surface area (Å²) in [7, 11) is 0. The van der Waals surface area contributed by atoms with Crippen molar-refractivity contribution in [3.63, 3.8) is 0 Å². The standard InChI is InChI=1S/C25H33NS/c1-16(2)20-14-21(17(3)4)24(22(15-20)18(5)6)25(27)26-13-12-23(26)19-10-8-7-9-11-19/h7-11,14-18,23H,12-13H2,1-6H3/t23-/m1/s1. The second kappa shape index (κ2) is 8.14. The largest absolute Gasteiger partial charge is 0.355 e. The summed E-state index contributed by atoms with van der Waals surface area (Å²) < 4.78 is 0. The van der Waals surface area contributed by atoms with E-state index >= 15 is 0 Å². The molecule has 1 saturated heterocycles. The van der Waals surface area contributed by atoms with Crippen LogP contribution in [-0.4, -0.2) is 16.4 Å². The molecule has 1 heterocycles. The molecule has 0 amide bonds. The fourth-order valence-corrected chi connectivity index (χ4v) is 4.45. The molecule has 2 aromatic rings. The van der Waals surface area contributed by atoms with Gasteiger partial charge >= 0.3 is 0 Å². The number of benzene rings is 2. The van der Waals surface area contributed by atoms with E-state index in [1.54, 1.807) is 0 Å². The number of nitrogens with zero attached hydrogens (tertiary/aromatic N) is 1. The first-order valence-electron chi connectivity index (χ1n) is 10.3. The molecule has 1 aliphatic heterocycles. The molecule has 27 heavy (non-hydrogen) atoms. The summed E-state index contributed by atoms with van der Waals surface area (Å²) in [6, 6.07) is 16.0. The first kappa shape index (κ1) is 20.1. The van der Waals surface area contributed by atoms with Gasteiger partial charge in [0.2, 0.25) is 0 Å². The van der Waals surface area contributed by atoms with Crippen LogP contribution in [0.5, 0.6) is 0 Å². The second-order valence-corrected chi connectivity index (χ2v) is 9.14. The fraction of sp³-hybridized carbons (Fsp3) is 0.480. The molecular weight excluding hydrogens is 346 g/mol. The Kier molecular flexibility index (Phi) is 6.05. The van der Waals surface area contributed by atoms with Gasteiger partial charge in [-0.2, -0.15) is 0 Å². The SMILES string of the molecule is CC(C)c1cc(C(C)C)c(C(=S)N2CC[C@@H]2c2ccccc2)c(C(C)C)c1. The Labute approximate surface area is 170 Å². The van der Waals surface area contributed by atoms with Gasteiger partial charge in [0.1, 0.15) is 4.99 Å². The first-order valence-corrected chi connectivity index (χ1v) is 10.8. The van der Waals surface area contributed by atoms with E-state index in [-0.39, 0.29) is 0 Å². The van der Waals surface area contributed by atoms with Crippen molar-refractivity contribution in [2.45, 2.75) is 71.8 Å². The van der Waals surface area contributed by atoms with Crippen LogP contribution in [0.25, 0.3) is 0 Å². The molecular formula is C25H33NS. The van der Waals surface area contributed by atoms with Crippen molar-refractivity contribution in [2.24, 2.45) is 0 Å². The third-order valence-corrected chi connectivity index (χ3v) is 6.25. The maximum absolute atomic E-state index is 6.12. The maximum atomic E-state index is 6.12. The fourth-order valence-electron chi connectivity index (χ4n) is 4.00. The zero-order valence-electron chi connectivity index (χ0n) is 17.6. The van der Waals surface area contributed by atoms with Gasteiger partial charge in [0.05, 0.1) is 6.04 Å². The molecule has 0 aliphatic carbocycles. The Balaban J connectivity index is 2.05. The number of rotatable bonds is 5. The smallest absolute Gasteiger partial charge is 0.110 e. The summed E-state index contributed by atoms with van der Waals surface area (Å²) >= 11 is 6.12. The molecule has 0 N–H and O–H groups in total. The lowest BCUT2D eigenvalue weighted by molar-refractivity contribution is 0.192. The van der Waals surface area contributed by atoms with Crippen LogP contribution in [0.2, 0.25) is 0 Å². The van der Waals surface area contributed by atoms with E-state index in [0.717, 1.165) is 11.5 Å². The van der Waals surface area contributed by atoms with Crippen LogP contribution in [0.15, 0.2) is 42.5 Å². The van der Waals surface area contributed by atoms with Crippen LogP contribution >= 0.6 is 12.2 Å². The van der Waals surface area contributed by atoms with Crippen LogP contribution in [0.4, 0.5) is 0 Å². The molecule has 0 unspecified atom stereocenters. The van der Waals surface area contributed by atoms with Crippen LogP contribution in [0.3, 0.4) is 0 Å². The molecule has 0 saturated carbocycles. The lowest BCUT2D eigenvalue weighted by Crippen LogP contribution is -2.45. The van der Waals surface area contributed by atoms with Gasteiger partial charge in [0.15, 0.2) is 0 Å². The van der Waals surface area contributed by atoms with Gasteiger partial charge in [-0.05, 0) is 46.4 Å². The molecule has 1 aliphatic rings. The predicted molar refractivity (Wildman–Crippen MR) is 121 cm³/mol. The van der Waals surface area contributed by atoms with Crippen LogP contribution in [0, 0.1) is 0 Å². The monoisotopic (exact) mass is 379 g/mol. The molecule has 3 rings (SSSR count). The van der Waals surface area contributed by atoms with Crippen LogP contribution < -0.4 is 0 Å². The summed E-state index contributed by atoms with van der Waals surface area (Å²) in [5.74, 6) is 1.46. The molecule has 1 atom stereocenters. The highest BCUT2D eigenvalue weighted by atomic mass is 32.1. The minimum absolute atomic E-state index is 0.420. The number of hydrogen-bond acceptors (Lipinski definition) is 1. The highest BCUT2D eigenvalue weighted by Gasteiger charge is 2.34. The summed E-state index contributed by atoms with van der Waals surface area (Å²) in [4.78, 5) is 3.48. The van der Waals surface area contributed by atoms with E-state index in [1.165, 1.54) is 34.2 Å². The molecule has 0 radical (unpaired) electrons. The normalized spacial score (nSPS) is 16.9. The Morgan fingerprint density at radius 1 is 0.889 bits per heavy atom. The van der Waals surface area contributed by atoms with Gasteiger partial charge < -0.3 is 4.90 Å². The number of thiocarbonyl (C=S) groups is 1. The quantitative estimate of drug-likeness (QED) is 0.506. The Hall–Kier alpha value is -1.67. The molecule has 2 heteroatoms. The van der Waals surface area contributed by atoms with Crippen LogP contribution in [-0.2, 0) is 0 Å². The van der Waals surface area contributed by atoms with Gasteiger partial charge in [-0.15, -0.1) is 0 Å². The van der Waals surface area contributed by atoms with Crippen molar-refractivity contribution in [1.82, 2.24) is 4.90 Å². The number of hydrogen-bond donors (Lipinski definition) is 0. The lowest BCUT2D eigenvalue weighted by Gasteiger charge is -2.44. The Bertz CT molecular complexity index is 775. The zero-order chi connectivity index (χ0) is 19.7. The Morgan fingerprint density at radius 2 is 1.44 bits per heavy atom. The first-order chi connectivity index (χ1) is 12.8. The molecule has 1 nitrogen and oxygen atoms in total. The second-order valence-electron chi connectivity index (χ2n) is 8.75. The topological polar surface area (TPSA) is 3.24 Å². The maximum Gasteiger partial charge on any atom is 0.110 e. The molecule has 0 spiro atoms. The average molecular weight is 380 g/mol. The van der Waals surface area contributed by atoms with Gasteiger partial charge in [0.25, 0.3) is 0 Å². The highest BCUT2D eigenvalue weighted by molar-refractivity contribution is 7.80. The molecule has 1 fully saturated rings. The predicted octanol–water partition coefficient (Wildman–Crippen LogP) is 7.18. The van der Waals surface area contributed by atoms with Crippen molar-refractivity contribution in [2.75, 3.05) is 6.54 Å². The summed E-state index contributed by atoms with van der Waals surface area (Å²) in [5.41, 5.74) is 6.95. The third-order valence-electron chi connectivity index (χ3n) is 5.81. The van der Waals surface area contributed by atoms with E-state index in [2.05, 4.69) is 88.9 Å². The van der Waals surface area contributed by atoms with Gasteiger partial charge in [-0.3, -0.25) is 0 Å². The Morgan fingerprint density at radius 3 is 1.85 bits per heavy atom. The summed E-state index contributed by atoms with van der Waals surface area (Å²) in [6.45, 7) is 14.8. The minimum Gasteiger partial charge on any atom is -0.355 e. The van der Waals surface area contributed by atoms with Gasteiger partial charge in [-0.1, -0.05) is 96.2 Å². The molecule has 0 aromatic heterocycles. The molecule has 0 bridgehead atoms. The van der Waals surface area contributed by atoms with E-state index in [4.69, 9.17) is 12.2 Å². The van der Waals surface area contributed by atoms with E-state index in [0.29, 0.717) is 23.8 Å². The summed E-state index contributed by atoms with van der Waals surface area (Å²) in [5, 5.41) is 0. The summed E-state index contributed by atoms with van der Waals surface area (Å²) in [6.07, 6.45) is 1.18. The van der Waals surface area contributed by atoms with Gasteiger partial charge in [0, 0.05) is 12.1 Å². The third kappa shape index (κ3) is 3.96. The van der Waals surface area contributed by atoms with Crippen LogP contribution in [0.1, 0.15) is 99.6 Å². The van der Waals surface area contributed by atoms with Crippen molar-refractivity contribution in [3.8, 4) is 0 Å². The van der Waals surface area contributed by atoms with Crippen molar-refractivity contribution < 1.29 is 0 Å². The van der Waals surface area contributed by atoms with Crippen molar-refractivity contribution in [1.29, 1.82) is 0 Å². The van der Waals surface area contributed by atoms with Crippen molar-refractivity contribution in [3.05, 3.63) is 70.3 Å². The van der Waals surface area contributed by atoms with Crippen molar-refractivity contribution >= 4 is 17.2 Å². The lowest BCUT2D eigenvalue weighted by atomic mass is 9.83. The van der Waals surface area contributed by atoms with E-state index < -0.39 is 0 Å². The van der Waals surface area contributed by atoms with E-state index in [9.17, 15) is 0 Å². The highest BCUT2D eigenvalue weighted by Crippen LogP contribution is 2.39. The number of likely N-dealkylation sites (tertiary alicyclic amines) is 1. The minimum atomic E-state index is 0.420. The average Bonchev–Trinajstić information content (AvgIpc) is 2.60. The zero-order valence-corrected chi connectivity index (χ0v) is 18.4.